The van der Waals surface area contributed by atoms with E-state index in [2.05, 4.69) is 20.4 Å². The molecule has 1 amide bonds. The van der Waals surface area contributed by atoms with Crippen LogP contribution in [-0.2, 0) is 21.3 Å². The van der Waals surface area contributed by atoms with Crippen LogP contribution in [0.15, 0.2) is 78.9 Å². The van der Waals surface area contributed by atoms with Gasteiger partial charge >= 0.3 is 6.09 Å². The molecule has 10 nitrogen and oxygen atoms in total. The lowest BCUT2D eigenvalue weighted by atomic mass is 10.0. The predicted octanol–water partition coefficient (Wildman–Crippen LogP) is 4.31. The lowest BCUT2D eigenvalue weighted by molar-refractivity contribution is 0.0593. The van der Waals surface area contributed by atoms with Crippen LogP contribution in [0.25, 0.3) is 11.1 Å². The minimum absolute atomic E-state index is 0.0527. The monoisotopic (exact) mass is 647 g/mol. The summed E-state index contributed by atoms with van der Waals surface area (Å²) in [6.45, 7) is 8.32. The number of benzene rings is 3. The molecule has 2 heterocycles. The first-order valence-corrected chi connectivity index (χ1v) is 17.8. The Morgan fingerprint density at radius 3 is 2.20 bits per heavy atom. The Hall–Kier alpha value is -3.61. The van der Waals surface area contributed by atoms with Gasteiger partial charge in [-0.2, -0.15) is 4.31 Å². The second-order valence-electron chi connectivity index (χ2n) is 11.9. The van der Waals surface area contributed by atoms with E-state index >= 15 is 0 Å². The second kappa shape index (κ2) is 16.3. The number of para-hydroxylation sites is 1. The number of likely N-dealkylation sites (tertiary alicyclic amines) is 1. The molecule has 11 heteroatoms. The Morgan fingerprint density at radius 2 is 1.50 bits per heavy atom. The number of piperidine rings is 1. The van der Waals surface area contributed by atoms with E-state index < -0.39 is 16.1 Å². The van der Waals surface area contributed by atoms with Crippen LogP contribution in [0.2, 0.25) is 0 Å². The average molecular weight is 648 g/mol. The van der Waals surface area contributed by atoms with Crippen LogP contribution in [0.1, 0.15) is 35.7 Å². The number of nitrogens with zero attached hydrogens (tertiary/aromatic N) is 3. The first kappa shape index (κ1) is 33.7. The van der Waals surface area contributed by atoms with Gasteiger partial charge in [0.05, 0.1) is 18.0 Å². The summed E-state index contributed by atoms with van der Waals surface area (Å²) in [4.78, 5) is 30.0. The standard InChI is InChI=1S/C35H45N5O5S/c1-2-46(43,44)40-24-22-39(23-25-40)27-28-12-14-30(15-13-28)34(41)26-36-18-21-38-19-16-31(17-20-38)45-35(42)37-33-11-7-6-10-32(33)29-8-4-3-5-9-29/h3-15,31,36H,2,16-27H2,1H3,(H,37,42). The van der Waals surface area contributed by atoms with E-state index in [0.29, 0.717) is 38.3 Å². The van der Waals surface area contributed by atoms with Gasteiger partial charge in [-0.05, 0) is 37.0 Å². The largest absolute Gasteiger partial charge is 0.446 e. The molecule has 0 atom stereocenters. The first-order chi connectivity index (χ1) is 22.3. The molecule has 0 radical (unpaired) electrons. The normalized spacial score (nSPS) is 17.1. The van der Waals surface area contributed by atoms with Crippen molar-refractivity contribution in [2.24, 2.45) is 0 Å². The summed E-state index contributed by atoms with van der Waals surface area (Å²) >= 11 is 0. The van der Waals surface area contributed by atoms with Crippen molar-refractivity contribution in [1.29, 1.82) is 0 Å². The molecule has 0 aliphatic carbocycles. The van der Waals surface area contributed by atoms with E-state index in [1.54, 1.807) is 11.2 Å². The second-order valence-corrected chi connectivity index (χ2v) is 14.1. The van der Waals surface area contributed by atoms with Gasteiger partial charge in [0.1, 0.15) is 6.10 Å². The highest BCUT2D eigenvalue weighted by atomic mass is 32.2. The summed E-state index contributed by atoms with van der Waals surface area (Å²) in [5.41, 5.74) is 4.50. The van der Waals surface area contributed by atoms with Crippen molar-refractivity contribution in [3.63, 3.8) is 0 Å². The van der Waals surface area contributed by atoms with Crippen molar-refractivity contribution in [1.82, 2.24) is 19.4 Å². The summed E-state index contributed by atoms with van der Waals surface area (Å²) in [5.74, 6) is 0.191. The van der Waals surface area contributed by atoms with Gasteiger partial charge in [0.15, 0.2) is 5.78 Å². The topological polar surface area (TPSA) is 111 Å². The van der Waals surface area contributed by atoms with Crippen molar-refractivity contribution in [3.05, 3.63) is 90.0 Å². The maximum absolute atomic E-state index is 12.7. The first-order valence-electron chi connectivity index (χ1n) is 16.2. The third-order valence-corrected chi connectivity index (χ3v) is 10.6. The van der Waals surface area contributed by atoms with Crippen molar-refractivity contribution < 1.29 is 22.7 Å². The molecule has 5 rings (SSSR count). The van der Waals surface area contributed by atoms with Crippen LogP contribution in [0.5, 0.6) is 0 Å². The highest BCUT2D eigenvalue weighted by molar-refractivity contribution is 7.89. The Balaban J connectivity index is 0.960. The number of amides is 1. The molecule has 2 N–H and O–H groups in total. The van der Waals surface area contributed by atoms with Gasteiger partial charge in [-0.15, -0.1) is 0 Å². The van der Waals surface area contributed by atoms with E-state index in [1.807, 2.05) is 78.9 Å². The van der Waals surface area contributed by atoms with Gasteiger partial charge in [-0.3, -0.25) is 15.0 Å². The smallest absolute Gasteiger partial charge is 0.411 e. The zero-order valence-corrected chi connectivity index (χ0v) is 27.4. The molecule has 246 valence electrons. The molecule has 2 aliphatic rings. The van der Waals surface area contributed by atoms with Gasteiger partial charge in [-0.25, -0.2) is 13.2 Å². The fourth-order valence-electron chi connectivity index (χ4n) is 5.95. The quantitative estimate of drug-likeness (QED) is 0.209. The van der Waals surface area contributed by atoms with Crippen molar-refractivity contribution >= 4 is 27.6 Å². The lowest BCUT2D eigenvalue weighted by Gasteiger charge is -2.33. The molecule has 3 aromatic rings. The average Bonchev–Trinajstić information content (AvgIpc) is 3.08. The molecule has 0 spiro atoms. The summed E-state index contributed by atoms with van der Waals surface area (Å²) in [6, 6.07) is 25.4. The minimum Gasteiger partial charge on any atom is -0.446 e. The van der Waals surface area contributed by atoms with Crippen molar-refractivity contribution in [2.75, 3.05) is 70.0 Å². The van der Waals surface area contributed by atoms with Crippen molar-refractivity contribution in [2.45, 2.75) is 32.4 Å². The molecule has 46 heavy (non-hydrogen) atoms. The lowest BCUT2D eigenvalue weighted by Crippen LogP contribution is -2.48. The number of ketones is 1. The number of Topliss-reactive ketones (excluding diaryl/α,β-unsaturated/α-hetero) is 1. The van der Waals surface area contributed by atoms with E-state index in [-0.39, 0.29) is 24.2 Å². The molecule has 0 aromatic heterocycles. The molecule has 0 saturated carbocycles. The summed E-state index contributed by atoms with van der Waals surface area (Å²) in [6.07, 6.45) is 0.983. The molecular formula is C35H45N5O5S. The molecule has 3 aromatic carbocycles. The van der Waals surface area contributed by atoms with Gasteiger partial charge in [0.2, 0.25) is 10.0 Å². The Bertz CT molecular complexity index is 1540. The highest BCUT2D eigenvalue weighted by Gasteiger charge is 2.25. The number of sulfonamides is 1. The van der Waals surface area contributed by atoms with Crippen LogP contribution in [0.3, 0.4) is 0 Å². The summed E-state index contributed by atoms with van der Waals surface area (Å²) in [7, 11) is -3.13. The van der Waals surface area contributed by atoms with Crippen LogP contribution < -0.4 is 10.6 Å². The Morgan fingerprint density at radius 1 is 0.826 bits per heavy atom. The van der Waals surface area contributed by atoms with Crippen LogP contribution in [-0.4, -0.2) is 105 Å². The van der Waals surface area contributed by atoms with Gasteiger partial charge < -0.3 is 15.0 Å². The number of rotatable bonds is 13. The highest BCUT2D eigenvalue weighted by Crippen LogP contribution is 2.28. The third-order valence-electron chi connectivity index (χ3n) is 8.72. The number of hydrogen-bond acceptors (Lipinski definition) is 8. The number of piperazine rings is 1. The van der Waals surface area contributed by atoms with Gasteiger partial charge in [0, 0.05) is 70.0 Å². The number of hydrogen-bond donors (Lipinski definition) is 2. The van der Waals surface area contributed by atoms with E-state index in [1.165, 1.54) is 0 Å². The van der Waals surface area contributed by atoms with Crippen LogP contribution in [0, 0.1) is 0 Å². The van der Waals surface area contributed by atoms with E-state index in [0.717, 1.165) is 61.4 Å². The zero-order chi connectivity index (χ0) is 32.4. The Kier molecular flexibility index (Phi) is 11.9. The SMILES string of the molecule is CCS(=O)(=O)N1CCN(Cc2ccc(C(=O)CNCCN3CCC(OC(=O)Nc4ccccc4-c4ccccc4)CC3)cc2)CC1. The molecule has 0 bridgehead atoms. The van der Waals surface area contributed by atoms with Gasteiger partial charge in [-0.1, -0.05) is 72.8 Å². The number of carbonyl (C=O) groups is 2. The third kappa shape index (κ3) is 9.46. The molecule has 0 unspecified atom stereocenters. The fourth-order valence-corrected chi connectivity index (χ4v) is 7.03. The number of ether oxygens (including phenoxy) is 1. The van der Waals surface area contributed by atoms with Gasteiger partial charge in [0.25, 0.3) is 0 Å². The number of carbonyl (C=O) groups excluding carboxylic acids is 2. The molecule has 2 saturated heterocycles. The van der Waals surface area contributed by atoms with E-state index in [4.69, 9.17) is 4.74 Å². The fraction of sp³-hybridized carbons (Fsp3) is 0.429. The number of nitrogens with one attached hydrogen (secondary N) is 2. The van der Waals surface area contributed by atoms with Crippen molar-refractivity contribution in [3.8, 4) is 11.1 Å². The molecular weight excluding hydrogens is 602 g/mol. The minimum atomic E-state index is -3.13. The number of anilines is 1. The molecule has 2 aliphatic heterocycles. The van der Waals surface area contributed by atoms with Crippen LogP contribution in [0.4, 0.5) is 10.5 Å². The van der Waals surface area contributed by atoms with Crippen LogP contribution >= 0.6 is 0 Å². The Labute approximate surface area is 272 Å². The van der Waals surface area contributed by atoms with E-state index in [9.17, 15) is 18.0 Å². The maximum Gasteiger partial charge on any atom is 0.411 e. The molecule has 2 fully saturated rings. The predicted molar refractivity (Wildman–Crippen MR) is 181 cm³/mol. The summed E-state index contributed by atoms with van der Waals surface area (Å²) < 4.78 is 31.5. The summed E-state index contributed by atoms with van der Waals surface area (Å²) in [5, 5.41) is 6.20. The maximum atomic E-state index is 12.7. The zero-order valence-electron chi connectivity index (χ0n) is 26.6.